The lowest BCUT2D eigenvalue weighted by molar-refractivity contribution is 0.692. The van der Waals surface area contributed by atoms with Crippen molar-refractivity contribution in [1.82, 2.24) is 4.98 Å². The van der Waals surface area contributed by atoms with E-state index in [0.29, 0.717) is 11.9 Å². The van der Waals surface area contributed by atoms with Gasteiger partial charge in [-0.15, -0.1) is 11.6 Å². The van der Waals surface area contributed by atoms with E-state index < -0.39 is 0 Å². The van der Waals surface area contributed by atoms with Crippen molar-refractivity contribution in [2.24, 2.45) is 0 Å². The smallest absolute Gasteiger partial charge is 0.131 e. The van der Waals surface area contributed by atoms with Gasteiger partial charge in [-0.2, -0.15) is 0 Å². The Balaban J connectivity index is 3.00. The summed E-state index contributed by atoms with van der Waals surface area (Å²) in [6, 6.07) is 2.49. The van der Waals surface area contributed by atoms with E-state index in [9.17, 15) is 0 Å². The van der Waals surface area contributed by atoms with Crippen molar-refractivity contribution in [2.45, 2.75) is 26.8 Å². The molecule has 0 bridgehead atoms. The fourth-order valence-corrected chi connectivity index (χ4v) is 2.16. The summed E-state index contributed by atoms with van der Waals surface area (Å²) in [6.07, 6.45) is 1.83. The fraction of sp³-hybridized carbons (Fsp3) is 0.545. The molecule has 0 saturated carbocycles. The molecule has 0 unspecified atom stereocenters. The molecule has 0 radical (unpaired) electrons. The van der Waals surface area contributed by atoms with Crippen LogP contribution in [0.2, 0.25) is 0 Å². The average Bonchev–Trinajstić information content (AvgIpc) is 2.15. The van der Waals surface area contributed by atoms with Crippen LogP contribution in [-0.2, 0) is 0 Å². The molecule has 0 aliphatic heterocycles. The van der Waals surface area contributed by atoms with E-state index in [4.69, 9.17) is 11.6 Å². The van der Waals surface area contributed by atoms with Crippen molar-refractivity contribution in [3.8, 4) is 0 Å². The topological polar surface area (TPSA) is 16.1 Å². The van der Waals surface area contributed by atoms with Crippen molar-refractivity contribution >= 4 is 33.3 Å². The van der Waals surface area contributed by atoms with Gasteiger partial charge in [0.15, 0.2) is 0 Å². The standard InChI is InChI=1S/C11H16BrClN2/c1-8(2)15(5-4-13)11-9(3)6-10(12)7-14-11/h6-8H,4-5H2,1-3H3. The first-order chi connectivity index (χ1) is 7.06. The molecule has 84 valence electrons. The van der Waals surface area contributed by atoms with Gasteiger partial charge >= 0.3 is 0 Å². The molecule has 0 amide bonds. The summed E-state index contributed by atoms with van der Waals surface area (Å²) in [7, 11) is 0. The van der Waals surface area contributed by atoms with Crippen molar-refractivity contribution in [3.63, 3.8) is 0 Å². The largest absolute Gasteiger partial charge is 0.353 e. The number of hydrogen-bond acceptors (Lipinski definition) is 2. The Bertz CT molecular complexity index is 328. The Hall–Kier alpha value is -0.280. The van der Waals surface area contributed by atoms with Crippen LogP contribution in [0.5, 0.6) is 0 Å². The van der Waals surface area contributed by atoms with Crippen LogP contribution in [0.1, 0.15) is 19.4 Å². The van der Waals surface area contributed by atoms with Crippen molar-refractivity contribution in [3.05, 3.63) is 22.3 Å². The van der Waals surface area contributed by atoms with Gasteiger partial charge in [-0.3, -0.25) is 0 Å². The molecule has 1 aromatic rings. The molecule has 2 nitrogen and oxygen atoms in total. The van der Waals surface area contributed by atoms with Gasteiger partial charge in [0.05, 0.1) is 0 Å². The van der Waals surface area contributed by atoms with Crippen LogP contribution in [-0.4, -0.2) is 23.5 Å². The molecule has 0 N–H and O–H groups in total. The van der Waals surface area contributed by atoms with Gasteiger partial charge in [0.25, 0.3) is 0 Å². The average molecular weight is 292 g/mol. The number of pyridine rings is 1. The highest BCUT2D eigenvalue weighted by Crippen LogP contribution is 2.22. The maximum absolute atomic E-state index is 5.80. The van der Waals surface area contributed by atoms with Gasteiger partial charge in [0.2, 0.25) is 0 Å². The first-order valence-electron chi connectivity index (χ1n) is 5.01. The Morgan fingerprint density at radius 1 is 1.53 bits per heavy atom. The van der Waals surface area contributed by atoms with Crippen LogP contribution in [0.3, 0.4) is 0 Å². The van der Waals surface area contributed by atoms with Crippen molar-refractivity contribution < 1.29 is 0 Å². The molecule has 0 aliphatic carbocycles. The fourth-order valence-electron chi connectivity index (χ4n) is 1.53. The summed E-state index contributed by atoms with van der Waals surface area (Å²) in [5.41, 5.74) is 1.17. The van der Waals surface area contributed by atoms with Gasteiger partial charge in [0.1, 0.15) is 5.82 Å². The minimum Gasteiger partial charge on any atom is -0.353 e. The molecule has 0 fully saturated rings. The van der Waals surface area contributed by atoms with E-state index >= 15 is 0 Å². The number of nitrogens with zero attached hydrogens (tertiary/aromatic N) is 2. The van der Waals surface area contributed by atoms with Gasteiger partial charge < -0.3 is 4.90 Å². The second-order valence-corrected chi connectivity index (χ2v) is 5.06. The van der Waals surface area contributed by atoms with E-state index in [0.717, 1.165) is 16.8 Å². The molecule has 0 spiro atoms. The summed E-state index contributed by atoms with van der Waals surface area (Å²) in [4.78, 5) is 6.66. The van der Waals surface area contributed by atoms with E-state index in [-0.39, 0.29) is 0 Å². The predicted molar refractivity (Wildman–Crippen MR) is 69.9 cm³/mol. The number of anilines is 1. The molecule has 1 heterocycles. The lowest BCUT2D eigenvalue weighted by Gasteiger charge is -2.28. The van der Waals surface area contributed by atoms with E-state index in [2.05, 4.69) is 52.7 Å². The summed E-state index contributed by atoms with van der Waals surface area (Å²) >= 11 is 9.21. The van der Waals surface area contributed by atoms with E-state index in [1.165, 1.54) is 5.56 Å². The van der Waals surface area contributed by atoms with Gasteiger partial charge in [-0.1, -0.05) is 0 Å². The maximum atomic E-state index is 5.80. The molecule has 1 aromatic heterocycles. The lowest BCUT2D eigenvalue weighted by Crippen LogP contribution is -2.33. The Morgan fingerprint density at radius 2 is 2.20 bits per heavy atom. The first-order valence-corrected chi connectivity index (χ1v) is 6.33. The molecule has 4 heteroatoms. The van der Waals surface area contributed by atoms with Crippen LogP contribution >= 0.6 is 27.5 Å². The zero-order valence-corrected chi connectivity index (χ0v) is 11.6. The summed E-state index contributed by atoms with van der Waals surface area (Å²) in [6.45, 7) is 7.19. The lowest BCUT2D eigenvalue weighted by atomic mass is 10.2. The SMILES string of the molecule is Cc1cc(Br)cnc1N(CCCl)C(C)C. The molecule has 0 aromatic carbocycles. The Labute approximate surface area is 105 Å². The van der Waals surface area contributed by atoms with Crippen LogP contribution in [0.25, 0.3) is 0 Å². The zero-order valence-electron chi connectivity index (χ0n) is 9.30. The number of hydrogen-bond donors (Lipinski definition) is 0. The van der Waals surface area contributed by atoms with E-state index in [1.807, 2.05) is 6.20 Å². The number of rotatable bonds is 4. The minimum absolute atomic E-state index is 0.413. The second kappa shape index (κ2) is 5.71. The Morgan fingerprint density at radius 3 is 2.67 bits per heavy atom. The normalized spacial score (nSPS) is 10.8. The summed E-state index contributed by atoms with van der Waals surface area (Å²) < 4.78 is 1.01. The second-order valence-electron chi connectivity index (χ2n) is 3.77. The van der Waals surface area contributed by atoms with Gasteiger partial charge in [-0.25, -0.2) is 4.98 Å². The highest BCUT2D eigenvalue weighted by molar-refractivity contribution is 9.10. The number of halogens is 2. The van der Waals surface area contributed by atoms with Crippen molar-refractivity contribution in [2.75, 3.05) is 17.3 Å². The van der Waals surface area contributed by atoms with Gasteiger partial charge in [-0.05, 0) is 48.3 Å². The van der Waals surface area contributed by atoms with E-state index in [1.54, 1.807) is 0 Å². The van der Waals surface area contributed by atoms with Crippen LogP contribution < -0.4 is 4.90 Å². The zero-order chi connectivity index (χ0) is 11.4. The number of aryl methyl sites for hydroxylation is 1. The third-order valence-corrected chi connectivity index (χ3v) is 2.84. The number of aromatic nitrogens is 1. The van der Waals surface area contributed by atoms with Gasteiger partial charge in [0, 0.05) is 29.1 Å². The highest BCUT2D eigenvalue weighted by atomic mass is 79.9. The third-order valence-electron chi connectivity index (χ3n) is 2.24. The molecule has 0 saturated heterocycles. The van der Waals surface area contributed by atoms with Crippen LogP contribution in [0.4, 0.5) is 5.82 Å². The quantitative estimate of drug-likeness (QED) is 0.788. The molecule has 1 rings (SSSR count). The molecule has 15 heavy (non-hydrogen) atoms. The molecular weight excluding hydrogens is 275 g/mol. The highest BCUT2D eigenvalue weighted by Gasteiger charge is 2.13. The van der Waals surface area contributed by atoms with Crippen LogP contribution in [0.15, 0.2) is 16.7 Å². The summed E-state index contributed by atoms with van der Waals surface area (Å²) in [5, 5.41) is 0. The first kappa shape index (κ1) is 12.8. The predicted octanol–water partition coefficient (Wildman–Crippen LogP) is 3.61. The maximum Gasteiger partial charge on any atom is 0.131 e. The molecular formula is C11H16BrClN2. The minimum atomic E-state index is 0.413. The van der Waals surface area contributed by atoms with Crippen molar-refractivity contribution in [1.29, 1.82) is 0 Å². The summed E-state index contributed by atoms with van der Waals surface area (Å²) in [5.74, 6) is 1.64. The number of alkyl halides is 1. The Kier molecular flexibility index (Phi) is 4.87. The molecule has 0 atom stereocenters. The molecule has 0 aliphatic rings. The van der Waals surface area contributed by atoms with Crippen LogP contribution in [0, 0.1) is 6.92 Å². The monoisotopic (exact) mass is 290 g/mol. The third kappa shape index (κ3) is 3.35.